The molecule has 0 amide bonds. The molecule has 30 heavy (non-hydrogen) atoms. The Kier molecular flexibility index (Phi) is 7.27. The number of aliphatic imine (C=N–C) groups is 1. The van der Waals surface area contributed by atoms with Crippen LogP contribution in [-0.4, -0.2) is 44.0 Å². The predicted octanol–water partition coefficient (Wildman–Crippen LogP) is 3.39. The summed E-state index contributed by atoms with van der Waals surface area (Å²) in [6, 6.07) is 10.5. The molecule has 0 atom stereocenters. The summed E-state index contributed by atoms with van der Waals surface area (Å²) in [4.78, 5) is 7.05. The molecule has 160 valence electrons. The predicted molar refractivity (Wildman–Crippen MR) is 121 cm³/mol. The monoisotopic (exact) mass is 407 g/mol. The van der Waals surface area contributed by atoms with Crippen LogP contribution in [0.5, 0.6) is 0 Å². The van der Waals surface area contributed by atoms with Crippen LogP contribution in [-0.2, 0) is 26.7 Å². The van der Waals surface area contributed by atoms with Gasteiger partial charge in [-0.2, -0.15) is 10.2 Å². The van der Waals surface area contributed by atoms with Gasteiger partial charge in [0.15, 0.2) is 5.96 Å². The summed E-state index contributed by atoms with van der Waals surface area (Å²) >= 11 is 0. The fraction of sp³-hybridized carbons (Fsp3) is 0.435. The molecule has 0 aliphatic carbocycles. The topological polar surface area (TPSA) is 63.3 Å². The number of hydrogen-bond acceptors (Lipinski definition) is 3. The first-order valence-electron chi connectivity index (χ1n) is 10.5. The molecule has 1 aromatic carbocycles. The zero-order valence-electron chi connectivity index (χ0n) is 18.7. The number of benzene rings is 1. The molecular weight excluding hydrogens is 374 g/mol. The van der Waals surface area contributed by atoms with Crippen LogP contribution in [0.1, 0.15) is 49.1 Å². The smallest absolute Gasteiger partial charge is 0.194 e. The lowest BCUT2D eigenvalue weighted by atomic mass is 10.1. The minimum Gasteiger partial charge on any atom is -0.357 e. The van der Waals surface area contributed by atoms with Gasteiger partial charge in [-0.1, -0.05) is 38.1 Å². The molecule has 0 aliphatic rings. The largest absolute Gasteiger partial charge is 0.357 e. The Bertz CT molecular complexity index is 954. The molecule has 0 unspecified atom stereocenters. The molecule has 7 nitrogen and oxygen atoms in total. The second-order valence-corrected chi connectivity index (χ2v) is 7.92. The van der Waals surface area contributed by atoms with E-state index in [4.69, 9.17) is 4.99 Å². The summed E-state index contributed by atoms with van der Waals surface area (Å²) in [5, 5.41) is 12.3. The number of aryl methyl sites for hydroxylation is 1. The van der Waals surface area contributed by atoms with Gasteiger partial charge in [-0.15, -0.1) is 0 Å². The Hall–Kier alpha value is -3.09. The highest BCUT2D eigenvalue weighted by molar-refractivity contribution is 5.79. The molecule has 2 heterocycles. The summed E-state index contributed by atoms with van der Waals surface area (Å²) in [5.41, 5.74) is 4.79. The van der Waals surface area contributed by atoms with Gasteiger partial charge in [0.05, 0.1) is 18.8 Å². The van der Waals surface area contributed by atoms with Crippen LogP contribution in [0.25, 0.3) is 0 Å². The molecule has 0 saturated carbocycles. The lowest BCUT2D eigenvalue weighted by Crippen LogP contribution is -2.38. The van der Waals surface area contributed by atoms with Crippen molar-refractivity contribution in [3.63, 3.8) is 0 Å². The number of nitrogens with zero attached hydrogens (tertiary/aromatic N) is 6. The normalized spacial score (nSPS) is 11.9. The number of rotatable bonds is 8. The van der Waals surface area contributed by atoms with Crippen molar-refractivity contribution in [2.24, 2.45) is 12.0 Å². The van der Waals surface area contributed by atoms with Gasteiger partial charge in [-0.05, 0) is 30.0 Å². The average Bonchev–Trinajstić information content (AvgIpc) is 3.34. The number of hydrogen-bond donors (Lipinski definition) is 1. The van der Waals surface area contributed by atoms with Crippen molar-refractivity contribution in [3.8, 4) is 0 Å². The van der Waals surface area contributed by atoms with Crippen molar-refractivity contribution in [2.75, 3.05) is 13.6 Å². The Balaban J connectivity index is 1.71. The molecule has 0 aliphatic heterocycles. The molecule has 3 rings (SSSR count). The van der Waals surface area contributed by atoms with Crippen LogP contribution in [0, 0.1) is 0 Å². The molecule has 0 fully saturated rings. The van der Waals surface area contributed by atoms with Gasteiger partial charge in [0.2, 0.25) is 0 Å². The molecule has 0 bridgehead atoms. The molecule has 2 aromatic heterocycles. The highest BCUT2D eigenvalue weighted by Gasteiger charge is 2.15. The molecular formula is C23H33N7. The van der Waals surface area contributed by atoms with Gasteiger partial charge in [-0.25, -0.2) is 4.99 Å². The summed E-state index contributed by atoms with van der Waals surface area (Å²) in [5.74, 6) is 1.29. The van der Waals surface area contributed by atoms with E-state index in [9.17, 15) is 0 Å². The van der Waals surface area contributed by atoms with Crippen LogP contribution in [0.3, 0.4) is 0 Å². The van der Waals surface area contributed by atoms with Crippen LogP contribution in [0.15, 0.2) is 53.9 Å². The maximum Gasteiger partial charge on any atom is 0.194 e. The first kappa shape index (κ1) is 21.6. The summed E-state index contributed by atoms with van der Waals surface area (Å²) < 4.78 is 3.83. The van der Waals surface area contributed by atoms with Crippen LogP contribution < -0.4 is 5.32 Å². The quantitative estimate of drug-likeness (QED) is 0.459. The molecule has 1 N–H and O–H groups in total. The standard InChI is InChI=1S/C23H33N7/c1-6-24-23(28(4)16-21-17-29(5)27-22(21)18(2)3)25-14-19-9-7-10-20(13-19)15-30-12-8-11-26-30/h7-13,17-18H,6,14-16H2,1-5H3,(H,24,25). The van der Waals surface area contributed by atoms with E-state index in [0.29, 0.717) is 12.5 Å². The maximum absolute atomic E-state index is 4.88. The van der Waals surface area contributed by atoms with Crippen molar-refractivity contribution in [3.05, 3.63) is 71.3 Å². The fourth-order valence-corrected chi connectivity index (χ4v) is 3.54. The molecule has 0 spiro atoms. The molecule has 3 aromatic rings. The van der Waals surface area contributed by atoms with Crippen LogP contribution in [0.4, 0.5) is 0 Å². The fourth-order valence-electron chi connectivity index (χ4n) is 3.54. The Morgan fingerprint density at radius 2 is 2.03 bits per heavy atom. The van der Waals surface area contributed by atoms with E-state index >= 15 is 0 Å². The maximum atomic E-state index is 4.88. The first-order valence-corrected chi connectivity index (χ1v) is 10.5. The lowest BCUT2D eigenvalue weighted by Gasteiger charge is -2.22. The average molecular weight is 408 g/mol. The van der Waals surface area contributed by atoms with Crippen molar-refractivity contribution in [2.45, 2.75) is 46.3 Å². The van der Waals surface area contributed by atoms with Gasteiger partial charge >= 0.3 is 0 Å². The third kappa shape index (κ3) is 5.72. The zero-order chi connectivity index (χ0) is 21.5. The Labute approximate surface area is 179 Å². The molecule has 0 saturated heterocycles. The van der Waals surface area contributed by atoms with E-state index in [-0.39, 0.29) is 0 Å². The minimum absolute atomic E-state index is 0.395. The van der Waals surface area contributed by atoms with Gasteiger partial charge < -0.3 is 10.2 Å². The van der Waals surface area contributed by atoms with Gasteiger partial charge in [0, 0.05) is 51.3 Å². The highest BCUT2D eigenvalue weighted by Crippen LogP contribution is 2.18. The van der Waals surface area contributed by atoms with E-state index in [2.05, 4.69) is 78.7 Å². The number of nitrogens with one attached hydrogen (secondary N) is 1. The van der Waals surface area contributed by atoms with Crippen molar-refractivity contribution in [1.82, 2.24) is 29.8 Å². The Morgan fingerprint density at radius 3 is 2.73 bits per heavy atom. The van der Waals surface area contributed by atoms with Gasteiger partial charge in [-0.3, -0.25) is 9.36 Å². The van der Waals surface area contributed by atoms with E-state index in [0.717, 1.165) is 31.3 Å². The second-order valence-electron chi connectivity index (χ2n) is 7.92. The van der Waals surface area contributed by atoms with Gasteiger partial charge in [0.1, 0.15) is 0 Å². The van der Waals surface area contributed by atoms with E-state index in [1.54, 1.807) is 6.20 Å². The highest BCUT2D eigenvalue weighted by atomic mass is 15.3. The van der Waals surface area contributed by atoms with Crippen molar-refractivity contribution in [1.29, 1.82) is 0 Å². The summed E-state index contributed by atoms with van der Waals surface area (Å²) in [6.45, 7) is 9.45. The van der Waals surface area contributed by atoms with Crippen LogP contribution >= 0.6 is 0 Å². The third-order valence-electron chi connectivity index (χ3n) is 4.89. The molecule has 7 heteroatoms. The first-order chi connectivity index (χ1) is 14.5. The summed E-state index contributed by atoms with van der Waals surface area (Å²) in [7, 11) is 4.05. The number of guanidine groups is 1. The van der Waals surface area contributed by atoms with Crippen molar-refractivity contribution < 1.29 is 0 Å². The number of aromatic nitrogens is 4. The van der Waals surface area contributed by atoms with E-state index in [1.165, 1.54) is 16.7 Å². The van der Waals surface area contributed by atoms with Crippen molar-refractivity contribution >= 4 is 5.96 Å². The van der Waals surface area contributed by atoms with E-state index in [1.807, 2.05) is 28.7 Å². The molecule has 0 radical (unpaired) electrons. The minimum atomic E-state index is 0.395. The summed E-state index contributed by atoms with van der Waals surface area (Å²) in [6.07, 6.45) is 5.89. The Morgan fingerprint density at radius 1 is 1.23 bits per heavy atom. The SMILES string of the molecule is CCNC(=NCc1cccc(Cn2cccn2)c1)N(C)Cc1cn(C)nc1C(C)C. The van der Waals surface area contributed by atoms with E-state index < -0.39 is 0 Å². The van der Waals surface area contributed by atoms with Gasteiger partial charge in [0.25, 0.3) is 0 Å². The lowest BCUT2D eigenvalue weighted by molar-refractivity contribution is 0.473. The second kappa shape index (κ2) is 10.1. The zero-order valence-corrected chi connectivity index (χ0v) is 18.7. The van der Waals surface area contributed by atoms with Crippen LogP contribution in [0.2, 0.25) is 0 Å². The third-order valence-corrected chi connectivity index (χ3v) is 4.89.